The summed E-state index contributed by atoms with van der Waals surface area (Å²) in [6, 6.07) is 4.38. The molecule has 0 bridgehead atoms. The van der Waals surface area contributed by atoms with Crippen molar-refractivity contribution in [2.75, 3.05) is 0 Å². The van der Waals surface area contributed by atoms with Gasteiger partial charge in [-0.1, -0.05) is 12.1 Å². The monoisotopic (exact) mass is 238 g/mol. The minimum atomic E-state index is -0.100. The number of aryl methyl sites for hydroxylation is 2. The molecular weight excluding hydrogens is 220 g/mol. The van der Waals surface area contributed by atoms with Crippen LogP contribution in [0.2, 0.25) is 0 Å². The smallest absolute Gasteiger partial charge is 0.0963 e. The summed E-state index contributed by atoms with van der Waals surface area (Å²) in [5.74, 6) is 0. The van der Waals surface area contributed by atoms with Crippen LogP contribution in [0.15, 0.2) is 23.3 Å². The fraction of sp³-hybridized carbons (Fsp3) is 0.375. The molecule has 0 aliphatic carbocycles. The van der Waals surface area contributed by atoms with Gasteiger partial charge in [0.15, 0.2) is 0 Å². The molecular formula is C16H18N2. The largest absolute Gasteiger partial charge is 0.272 e. The first-order valence-corrected chi connectivity index (χ1v) is 6.38. The molecule has 0 radical (unpaired) electrons. The van der Waals surface area contributed by atoms with Gasteiger partial charge in [-0.2, -0.15) is 0 Å². The number of hydrogen-bond acceptors (Lipinski definition) is 2. The molecule has 3 rings (SSSR count). The minimum absolute atomic E-state index is 0.100. The SMILES string of the molecule is CC1=c2ccc3c(C)c(C)cnc3c2=NC1(C)C. The van der Waals surface area contributed by atoms with Crippen molar-refractivity contribution in [1.29, 1.82) is 0 Å². The van der Waals surface area contributed by atoms with E-state index in [2.05, 4.69) is 51.7 Å². The van der Waals surface area contributed by atoms with Gasteiger partial charge in [0.25, 0.3) is 0 Å². The number of fused-ring (bicyclic) bond motifs is 3. The lowest BCUT2D eigenvalue weighted by atomic mass is 9.96. The Morgan fingerprint density at radius 2 is 1.78 bits per heavy atom. The highest BCUT2D eigenvalue weighted by atomic mass is 14.9. The number of aromatic nitrogens is 1. The third-order valence-electron chi connectivity index (χ3n) is 4.25. The summed E-state index contributed by atoms with van der Waals surface area (Å²) in [6.45, 7) is 10.8. The van der Waals surface area contributed by atoms with Gasteiger partial charge >= 0.3 is 0 Å². The third-order valence-corrected chi connectivity index (χ3v) is 4.25. The molecule has 1 aliphatic rings. The minimum Gasteiger partial charge on any atom is -0.272 e. The van der Waals surface area contributed by atoms with Crippen LogP contribution in [0, 0.1) is 13.8 Å². The van der Waals surface area contributed by atoms with Crippen LogP contribution in [0.4, 0.5) is 0 Å². The molecule has 1 aromatic heterocycles. The van der Waals surface area contributed by atoms with Crippen molar-refractivity contribution in [3.05, 3.63) is 40.0 Å². The summed E-state index contributed by atoms with van der Waals surface area (Å²) in [5.41, 5.74) is 4.82. The molecule has 0 fully saturated rings. The molecule has 92 valence electrons. The molecule has 1 aliphatic heterocycles. The summed E-state index contributed by atoms with van der Waals surface area (Å²) in [7, 11) is 0. The first-order chi connectivity index (χ1) is 8.42. The first kappa shape index (κ1) is 11.4. The van der Waals surface area contributed by atoms with Crippen LogP contribution in [0.25, 0.3) is 16.5 Å². The van der Waals surface area contributed by atoms with E-state index in [4.69, 9.17) is 4.99 Å². The number of pyridine rings is 1. The van der Waals surface area contributed by atoms with E-state index in [0.717, 1.165) is 10.9 Å². The van der Waals surface area contributed by atoms with Crippen molar-refractivity contribution < 1.29 is 0 Å². The number of hydrogen-bond donors (Lipinski definition) is 0. The predicted octanol–water partition coefficient (Wildman–Crippen LogP) is 2.43. The summed E-state index contributed by atoms with van der Waals surface area (Å²) in [4.78, 5) is 9.47. The molecule has 2 aromatic rings. The average Bonchev–Trinajstić information content (AvgIpc) is 2.55. The zero-order valence-corrected chi connectivity index (χ0v) is 11.6. The summed E-state index contributed by atoms with van der Waals surface area (Å²) >= 11 is 0. The van der Waals surface area contributed by atoms with Crippen molar-refractivity contribution in [2.24, 2.45) is 4.99 Å². The van der Waals surface area contributed by atoms with Crippen molar-refractivity contribution in [2.45, 2.75) is 40.2 Å². The van der Waals surface area contributed by atoms with E-state index >= 15 is 0 Å². The fourth-order valence-electron chi connectivity index (χ4n) is 2.59. The van der Waals surface area contributed by atoms with Gasteiger partial charge in [-0.25, -0.2) is 0 Å². The van der Waals surface area contributed by atoms with E-state index in [1.807, 2.05) is 6.20 Å². The van der Waals surface area contributed by atoms with E-state index in [0.29, 0.717) is 0 Å². The molecule has 0 N–H and O–H groups in total. The number of rotatable bonds is 0. The van der Waals surface area contributed by atoms with Crippen LogP contribution < -0.4 is 10.6 Å². The van der Waals surface area contributed by atoms with Crippen molar-refractivity contribution in [1.82, 2.24) is 4.98 Å². The summed E-state index contributed by atoms with van der Waals surface area (Å²) in [6.07, 6.45) is 1.95. The maximum Gasteiger partial charge on any atom is 0.0963 e. The Labute approximate surface area is 107 Å². The highest BCUT2D eigenvalue weighted by Gasteiger charge is 2.25. The maximum absolute atomic E-state index is 4.86. The molecule has 2 heteroatoms. The standard InChI is InChI=1S/C16H18N2/c1-9-8-17-14-12(10(9)2)6-7-13-11(3)16(4,5)18-15(13)14/h6-8H,1-5H3. The Kier molecular flexibility index (Phi) is 2.16. The average molecular weight is 238 g/mol. The normalized spacial score (nSPS) is 16.8. The topological polar surface area (TPSA) is 25.2 Å². The highest BCUT2D eigenvalue weighted by Crippen LogP contribution is 2.23. The molecule has 0 saturated heterocycles. The van der Waals surface area contributed by atoms with Crippen LogP contribution in [-0.2, 0) is 0 Å². The molecule has 18 heavy (non-hydrogen) atoms. The molecule has 0 unspecified atom stereocenters. The van der Waals surface area contributed by atoms with Crippen LogP contribution in [-0.4, -0.2) is 10.5 Å². The second kappa shape index (κ2) is 3.41. The van der Waals surface area contributed by atoms with Crippen LogP contribution in [0.1, 0.15) is 31.9 Å². The van der Waals surface area contributed by atoms with Gasteiger partial charge < -0.3 is 0 Å². The highest BCUT2D eigenvalue weighted by molar-refractivity contribution is 5.83. The molecule has 0 spiro atoms. The van der Waals surface area contributed by atoms with Crippen molar-refractivity contribution in [3.63, 3.8) is 0 Å². The number of nitrogens with zero attached hydrogens (tertiary/aromatic N) is 2. The molecule has 2 nitrogen and oxygen atoms in total. The van der Waals surface area contributed by atoms with Crippen molar-refractivity contribution in [3.8, 4) is 0 Å². The zero-order chi connectivity index (χ0) is 13.1. The second-order valence-corrected chi connectivity index (χ2v) is 5.72. The Bertz CT molecular complexity index is 783. The zero-order valence-electron chi connectivity index (χ0n) is 11.6. The molecule has 0 amide bonds. The van der Waals surface area contributed by atoms with Crippen LogP contribution in [0.3, 0.4) is 0 Å². The van der Waals surface area contributed by atoms with Gasteiger partial charge in [-0.3, -0.25) is 9.98 Å². The quantitative estimate of drug-likeness (QED) is 0.692. The van der Waals surface area contributed by atoms with E-state index in [1.165, 1.54) is 27.3 Å². The Morgan fingerprint density at radius 1 is 1.06 bits per heavy atom. The number of benzene rings is 1. The van der Waals surface area contributed by atoms with Crippen LogP contribution in [0.5, 0.6) is 0 Å². The first-order valence-electron chi connectivity index (χ1n) is 6.38. The van der Waals surface area contributed by atoms with Gasteiger partial charge in [-0.15, -0.1) is 0 Å². The van der Waals surface area contributed by atoms with Gasteiger partial charge in [0.1, 0.15) is 0 Å². The predicted molar refractivity (Wildman–Crippen MR) is 75.2 cm³/mol. The van der Waals surface area contributed by atoms with Crippen LogP contribution >= 0.6 is 0 Å². The Hall–Kier alpha value is -1.70. The molecule has 2 heterocycles. The fourth-order valence-corrected chi connectivity index (χ4v) is 2.59. The summed E-state index contributed by atoms with van der Waals surface area (Å²) in [5, 5.41) is 3.55. The maximum atomic E-state index is 4.86. The van der Waals surface area contributed by atoms with E-state index in [-0.39, 0.29) is 5.54 Å². The van der Waals surface area contributed by atoms with E-state index < -0.39 is 0 Å². The van der Waals surface area contributed by atoms with Gasteiger partial charge in [0.05, 0.1) is 16.4 Å². The summed E-state index contributed by atoms with van der Waals surface area (Å²) < 4.78 is 0. The third kappa shape index (κ3) is 1.35. The lowest BCUT2D eigenvalue weighted by Gasteiger charge is -2.15. The lowest BCUT2D eigenvalue weighted by molar-refractivity contribution is 0.668. The van der Waals surface area contributed by atoms with E-state index in [1.54, 1.807) is 0 Å². The molecule has 0 atom stereocenters. The Balaban J connectivity index is 2.58. The Morgan fingerprint density at radius 3 is 2.50 bits per heavy atom. The molecule has 1 aromatic carbocycles. The molecule has 0 saturated carbocycles. The van der Waals surface area contributed by atoms with Gasteiger partial charge in [0.2, 0.25) is 0 Å². The van der Waals surface area contributed by atoms with Crippen molar-refractivity contribution >= 4 is 16.5 Å². The van der Waals surface area contributed by atoms with Gasteiger partial charge in [0, 0.05) is 16.8 Å². The van der Waals surface area contributed by atoms with E-state index in [9.17, 15) is 0 Å². The van der Waals surface area contributed by atoms with Gasteiger partial charge in [-0.05, 0) is 51.3 Å². The second-order valence-electron chi connectivity index (χ2n) is 5.72. The lowest BCUT2D eigenvalue weighted by Crippen LogP contribution is -2.24.